The van der Waals surface area contributed by atoms with Gasteiger partial charge < -0.3 is 29.4 Å². The summed E-state index contributed by atoms with van der Waals surface area (Å²) in [5.74, 6) is 0.0154. The highest BCUT2D eigenvalue weighted by molar-refractivity contribution is 6.33. The number of ether oxygens (including phenoxy) is 1. The molecular formula is C27H24ClNO6. The van der Waals surface area contributed by atoms with Crippen molar-refractivity contribution >= 4 is 28.3 Å². The van der Waals surface area contributed by atoms with E-state index in [-0.39, 0.29) is 40.8 Å². The number of methoxy groups -OCH3 is 1. The molecule has 1 aliphatic heterocycles. The molecule has 1 aliphatic rings. The molecular weight excluding hydrogens is 470 g/mol. The maximum Gasteiger partial charge on any atom is 0.197 e. The van der Waals surface area contributed by atoms with Gasteiger partial charge in [-0.25, -0.2) is 0 Å². The highest BCUT2D eigenvalue weighted by atomic mass is 35.5. The van der Waals surface area contributed by atoms with Crippen molar-refractivity contribution in [3.8, 4) is 28.6 Å². The molecule has 0 spiro atoms. The van der Waals surface area contributed by atoms with Crippen LogP contribution in [0, 0.1) is 0 Å². The van der Waals surface area contributed by atoms with Crippen molar-refractivity contribution in [3.05, 3.63) is 81.5 Å². The molecule has 0 aliphatic carbocycles. The number of fused-ring (bicyclic) bond motifs is 1. The van der Waals surface area contributed by atoms with Gasteiger partial charge >= 0.3 is 0 Å². The summed E-state index contributed by atoms with van der Waals surface area (Å²) in [5, 5.41) is 32.2. The summed E-state index contributed by atoms with van der Waals surface area (Å²) in [6.45, 7) is 0.422. The van der Waals surface area contributed by atoms with Crippen LogP contribution in [0.15, 0.2) is 69.9 Å². The minimum atomic E-state index is -0.453. The Labute approximate surface area is 206 Å². The normalized spacial score (nSPS) is 17.7. The topological polar surface area (TPSA) is 103 Å². The molecule has 1 aromatic heterocycles. The highest BCUT2D eigenvalue weighted by Crippen LogP contribution is 2.46. The number of hydrogen-bond acceptors (Lipinski definition) is 7. The van der Waals surface area contributed by atoms with Crippen molar-refractivity contribution in [3.63, 3.8) is 0 Å². The monoisotopic (exact) mass is 493 g/mol. The lowest BCUT2D eigenvalue weighted by molar-refractivity contribution is 0.256. The predicted octanol–water partition coefficient (Wildman–Crippen LogP) is 4.89. The van der Waals surface area contributed by atoms with Crippen LogP contribution >= 0.6 is 11.6 Å². The average Bonchev–Trinajstić information content (AvgIpc) is 3.27. The first kappa shape index (κ1) is 23.1. The van der Waals surface area contributed by atoms with Gasteiger partial charge in [-0.1, -0.05) is 23.7 Å². The first-order valence-corrected chi connectivity index (χ1v) is 11.6. The molecule has 8 heteroatoms. The fourth-order valence-corrected chi connectivity index (χ4v) is 5.21. The molecule has 0 amide bonds. The number of halogens is 1. The summed E-state index contributed by atoms with van der Waals surface area (Å²) in [7, 11) is 1.60. The van der Waals surface area contributed by atoms with Crippen LogP contribution in [0.25, 0.3) is 22.3 Å². The van der Waals surface area contributed by atoms with E-state index in [4.69, 9.17) is 20.8 Å². The second-order valence-electron chi connectivity index (χ2n) is 8.52. The zero-order valence-electron chi connectivity index (χ0n) is 18.9. The van der Waals surface area contributed by atoms with Crippen molar-refractivity contribution in [2.75, 3.05) is 25.2 Å². The molecule has 3 N–H and O–H groups in total. The first-order chi connectivity index (χ1) is 16.9. The second kappa shape index (κ2) is 9.17. The smallest absolute Gasteiger partial charge is 0.197 e. The van der Waals surface area contributed by atoms with Gasteiger partial charge in [-0.15, -0.1) is 0 Å². The fraction of sp³-hybridized carbons (Fsp3) is 0.222. The number of hydrogen-bond donors (Lipinski definition) is 3. The Morgan fingerprint density at radius 1 is 1.09 bits per heavy atom. The molecule has 2 atom stereocenters. The van der Waals surface area contributed by atoms with Crippen molar-refractivity contribution < 1.29 is 24.5 Å². The molecule has 5 rings (SSSR count). The molecule has 1 saturated heterocycles. The van der Waals surface area contributed by atoms with Crippen LogP contribution in [-0.4, -0.2) is 41.6 Å². The number of rotatable bonds is 5. The lowest BCUT2D eigenvalue weighted by Gasteiger charge is -2.29. The lowest BCUT2D eigenvalue weighted by atomic mass is 9.89. The standard InChI is InChI=1S/C27H24ClNO6/c1-34-16-8-6-15(7-9-16)29-11-10-18(20(29)14-30)25-21(31)12-22(32)26-23(33)13-24(35-27(25)26)17-4-2-3-5-19(17)28/h2-9,12-13,18,20,30-32H,10-11,14H2,1H3/t18?,20-/m1/s1. The van der Waals surface area contributed by atoms with E-state index in [1.165, 1.54) is 6.07 Å². The SMILES string of the molecule is COc1ccc(N2CCC(c3c(O)cc(O)c4c(=O)cc(-c5ccccc5Cl)oc34)[C@H]2CO)cc1. The summed E-state index contributed by atoms with van der Waals surface area (Å²) in [4.78, 5) is 15.1. The van der Waals surface area contributed by atoms with Gasteiger partial charge in [0.1, 0.15) is 34.0 Å². The van der Waals surface area contributed by atoms with Gasteiger partial charge in [-0.05, 0) is 42.8 Å². The highest BCUT2D eigenvalue weighted by Gasteiger charge is 2.38. The van der Waals surface area contributed by atoms with Crippen molar-refractivity contribution in [2.45, 2.75) is 18.4 Å². The van der Waals surface area contributed by atoms with E-state index >= 15 is 0 Å². The molecule has 180 valence electrons. The molecule has 1 fully saturated rings. The van der Waals surface area contributed by atoms with Gasteiger partial charge in [0.25, 0.3) is 0 Å². The van der Waals surface area contributed by atoms with E-state index in [2.05, 4.69) is 4.90 Å². The van der Waals surface area contributed by atoms with Gasteiger partial charge in [0.2, 0.25) is 0 Å². The Bertz CT molecular complexity index is 1450. The van der Waals surface area contributed by atoms with Crippen LogP contribution in [0.4, 0.5) is 5.69 Å². The second-order valence-corrected chi connectivity index (χ2v) is 8.93. The number of aromatic hydroxyl groups is 2. The van der Waals surface area contributed by atoms with Gasteiger partial charge in [0.05, 0.1) is 24.8 Å². The minimum Gasteiger partial charge on any atom is -0.507 e. The Morgan fingerprint density at radius 3 is 2.51 bits per heavy atom. The predicted molar refractivity (Wildman–Crippen MR) is 135 cm³/mol. The minimum absolute atomic E-state index is 0.0202. The molecule has 3 aromatic carbocycles. The van der Waals surface area contributed by atoms with Crippen molar-refractivity contribution in [1.82, 2.24) is 0 Å². The maximum absolute atomic E-state index is 13.1. The zero-order chi connectivity index (χ0) is 24.7. The molecule has 0 bridgehead atoms. The van der Waals surface area contributed by atoms with Crippen LogP contribution in [-0.2, 0) is 0 Å². The summed E-state index contributed by atoms with van der Waals surface area (Å²) in [5.41, 5.74) is 1.43. The van der Waals surface area contributed by atoms with Crippen molar-refractivity contribution in [2.24, 2.45) is 0 Å². The Balaban J connectivity index is 1.66. The van der Waals surface area contributed by atoms with Gasteiger partial charge in [0, 0.05) is 41.4 Å². The maximum atomic E-state index is 13.1. The van der Waals surface area contributed by atoms with Crippen molar-refractivity contribution in [1.29, 1.82) is 0 Å². The Kier molecular flexibility index (Phi) is 6.05. The largest absolute Gasteiger partial charge is 0.507 e. The number of phenols is 2. The summed E-state index contributed by atoms with van der Waals surface area (Å²) >= 11 is 6.34. The lowest BCUT2D eigenvalue weighted by Crippen LogP contribution is -2.35. The van der Waals surface area contributed by atoms with Crippen LogP contribution < -0.4 is 15.1 Å². The van der Waals surface area contributed by atoms with E-state index < -0.39 is 11.5 Å². The third kappa shape index (κ3) is 3.96. The molecule has 0 radical (unpaired) electrons. The van der Waals surface area contributed by atoms with Gasteiger partial charge in [0.15, 0.2) is 5.43 Å². The van der Waals surface area contributed by atoms with Crippen LogP contribution in [0.3, 0.4) is 0 Å². The van der Waals surface area contributed by atoms with Crippen LogP contribution in [0.5, 0.6) is 17.2 Å². The molecule has 0 saturated carbocycles. The fourth-order valence-electron chi connectivity index (χ4n) is 4.98. The Morgan fingerprint density at radius 2 is 1.83 bits per heavy atom. The van der Waals surface area contributed by atoms with E-state index in [1.807, 2.05) is 24.3 Å². The number of nitrogens with zero attached hydrogens (tertiary/aromatic N) is 1. The molecule has 7 nitrogen and oxygen atoms in total. The summed E-state index contributed by atoms with van der Waals surface area (Å²) in [6.07, 6.45) is 0.588. The van der Waals surface area contributed by atoms with E-state index in [1.54, 1.807) is 31.4 Å². The Hall–Kier alpha value is -3.68. The number of benzene rings is 3. The van der Waals surface area contributed by atoms with E-state index in [0.29, 0.717) is 29.1 Å². The molecule has 2 heterocycles. The zero-order valence-corrected chi connectivity index (χ0v) is 19.7. The third-order valence-electron chi connectivity index (χ3n) is 6.64. The number of aliphatic hydroxyl groups is 1. The average molecular weight is 494 g/mol. The quantitative estimate of drug-likeness (QED) is 0.363. The number of anilines is 1. The van der Waals surface area contributed by atoms with Gasteiger partial charge in [-0.2, -0.15) is 0 Å². The number of aliphatic hydroxyl groups excluding tert-OH is 1. The van der Waals surface area contributed by atoms with E-state index in [9.17, 15) is 20.1 Å². The summed E-state index contributed by atoms with van der Waals surface area (Å²) < 4.78 is 11.4. The molecule has 35 heavy (non-hydrogen) atoms. The van der Waals surface area contributed by atoms with Crippen LogP contribution in [0.1, 0.15) is 17.9 Å². The number of phenolic OH excluding ortho intramolecular Hbond substituents is 2. The molecule has 1 unspecified atom stereocenters. The summed E-state index contributed by atoms with van der Waals surface area (Å²) in [6, 6.07) is 16.5. The first-order valence-electron chi connectivity index (χ1n) is 11.2. The third-order valence-corrected chi connectivity index (χ3v) is 6.97. The van der Waals surface area contributed by atoms with Crippen LogP contribution in [0.2, 0.25) is 5.02 Å². The van der Waals surface area contributed by atoms with E-state index in [0.717, 1.165) is 17.5 Å². The molecule has 4 aromatic rings. The van der Waals surface area contributed by atoms with Gasteiger partial charge in [-0.3, -0.25) is 4.79 Å².